The third-order valence-electron chi connectivity index (χ3n) is 4.41. The molecule has 1 fully saturated rings. The first-order chi connectivity index (χ1) is 12.8. The molecule has 1 aliphatic heterocycles. The average molecular weight is 396 g/mol. The van der Waals surface area contributed by atoms with Crippen molar-refractivity contribution in [3.8, 4) is 5.75 Å². The lowest BCUT2D eigenvalue weighted by Crippen LogP contribution is -2.49. The molecule has 0 amide bonds. The first kappa shape index (κ1) is 17.8. The number of benzene rings is 1. The van der Waals surface area contributed by atoms with Crippen LogP contribution in [0.1, 0.15) is 5.69 Å². The second kappa shape index (κ2) is 6.52. The Bertz CT molecular complexity index is 1040. The Morgan fingerprint density at radius 1 is 1.26 bits per heavy atom. The number of aromatic nitrogens is 3. The molecule has 0 radical (unpaired) electrons. The minimum Gasteiger partial charge on any atom is -0.494 e. The molecule has 0 saturated carbocycles. The predicted molar refractivity (Wildman–Crippen MR) is 95.4 cm³/mol. The summed E-state index contributed by atoms with van der Waals surface area (Å²) in [5.41, 5.74) is -0.804. The van der Waals surface area contributed by atoms with Crippen LogP contribution < -0.4 is 15.2 Å². The van der Waals surface area contributed by atoms with E-state index < -0.39 is 17.4 Å². The zero-order chi connectivity index (χ0) is 19.2. The molecular weight excluding hydrogens is 381 g/mol. The Morgan fingerprint density at radius 3 is 2.74 bits per heavy atom. The van der Waals surface area contributed by atoms with Crippen molar-refractivity contribution in [2.75, 3.05) is 25.1 Å². The van der Waals surface area contributed by atoms with Gasteiger partial charge in [0.15, 0.2) is 10.8 Å². The maximum absolute atomic E-state index is 12.8. The number of methoxy groups -OCH3 is 1. The molecule has 142 valence electrons. The predicted octanol–water partition coefficient (Wildman–Crippen LogP) is 3.02. The summed E-state index contributed by atoms with van der Waals surface area (Å²) in [4.78, 5) is 18.4. The normalized spacial score (nSPS) is 15.2. The van der Waals surface area contributed by atoms with Crippen LogP contribution in [0.25, 0.3) is 10.2 Å². The molecule has 6 nitrogen and oxygen atoms in total. The van der Waals surface area contributed by atoms with Gasteiger partial charge in [0.2, 0.25) is 0 Å². The fourth-order valence-electron chi connectivity index (χ4n) is 3.03. The minimum atomic E-state index is -4.57. The molecule has 0 spiro atoms. The van der Waals surface area contributed by atoms with Gasteiger partial charge in [-0.05, 0) is 18.2 Å². The van der Waals surface area contributed by atoms with E-state index in [1.54, 1.807) is 7.11 Å². The molecule has 27 heavy (non-hydrogen) atoms. The Balaban J connectivity index is 1.47. The standard InChI is InChI=1S/C17H15F3N4O2S/c1-26-11-3-2-4-12-15(11)21-16(27-12)23-7-10(8-23)9-24-14(25)6-5-13(22-24)17(18,19)20/h2-6,10H,7-9H2,1H3. The summed E-state index contributed by atoms with van der Waals surface area (Å²) in [6, 6.07) is 7.32. The van der Waals surface area contributed by atoms with Crippen LogP contribution in [-0.4, -0.2) is 35.0 Å². The van der Waals surface area contributed by atoms with Crippen molar-refractivity contribution in [1.29, 1.82) is 0 Å². The molecule has 0 aliphatic carbocycles. The monoisotopic (exact) mass is 396 g/mol. The van der Waals surface area contributed by atoms with Gasteiger partial charge >= 0.3 is 6.18 Å². The van der Waals surface area contributed by atoms with Crippen molar-refractivity contribution in [3.63, 3.8) is 0 Å². The fraction of sp³-hybridized carbons (Fsp3) is 0.353. The first-order valence-corrected chi connectivity index (χ1v) is 9.00. The molecule has 1 saturated heterocycles. The third-order valence-corrected chi connectivity index (χ3v) is 5.49. The number of fused-ring (bicyclic) bond motifs is 1. The Morgan fingerprint density at radius 2 is 2.04 bits per heavy atom. The van der Waals surface area contributed by atoms with E-state index in [-0.39, 0.29) is 12.5 Å². The fourth-order valence-corrected chi connectivity index (χ4v) is 4.03. The Labute approximate surface area is 155 Å². The van der Waals surface area contributed by atoms with Crippen LogP contribution in [0.5, 0.6) is 5.75 Å². The molecule has 0 N–H and O–H groups in total. The molecule has 0 unspecified atom stereocenters. The van der Waals surface area contributed by atoms with E-state index in [4.69, 9.17) is 4.74 Å². The largest absolute Gasteiger partial charge is 0.494 e. The second-order valence-electron chi connectivity index (χ2n) is 6.31. The van der Waals surface area contributed by atoms with E-state index in [2.05, 4.69) is 10.1 Å². The summed E-state index contributed by atoms with van der Waals surface area (Å²) >= 11 is 1.53. The number of hydrogen-bond acceptors (Lipinski definition) is 6. The van der Waals surface area contributed by atoms with Gasteiger partial charge in [0.1, 0.15) is 11.3 Å². The van der Waals surface area contributed by atoms with Crippen molar-refractivity contribution in [3.05, 3.63) is 46.4 Å². The van der Waals surface area contributed by atoms with E-state index in [0.717, 1.165) is 26.1 Å². The van der Waals surface area contributed by atoms with Crippen molar-refractivity contribution < 1.29 is 17.9 Å². The van der Waals surface area contributed by atoms with Crippen LogP contribution in [0.15, 0.2) is 35.1 Å². The maximum atomic E-state index is 12.8. The van der Waals surface area contributed by atoms with E-state index in [9.17, 15) is 18.0 Å². The van der Waals surface area contributed by atoms with Gasteiger partial charge in [-0.1, -0.05) is 17.4 Å². The van der Waals surface area contributed by atoms with Crippen LogP contribution in [0.3, 0.4) is 0 Å². The number of halogens is 3. The summed E-state index contributed by atoms with van der Waals surface area (Å²) in [6.45, 7) is 1.35. The molecule has 10 heteroatoms. The summed E-state index contributed by atoms with van der Waals surface area (Å²) in [5, 5.41) is 4.28. The summed E-state index contributed by atoms with van der Waals surface area (Å²) in [7, 11) is 1.59. The number of anilines is 1. The molecule has 0 atom stereocenters. The van der Waals surface area contributed by atoms with Gasteiger partial charge in [0.05, 0.1) is 18.4 Å². The Hall–Kier alpha value is -2.62. The molecule has 3 aromatic rings. The number of nitrogens with zero attached hydrogens (tertiary/aromatic N) is 4. The summed E-state index contributed by atoms with van der Waals surface area (Å²) in [6.07, 6.45) is -4.57. The van der Waals surface area contributed by atoms with Crippen molar-refractivity contribution >= 4 is 26.7 Å². The Kier molecular flexibility index (Phi) is 4.29. The number of thiazole rings is 1. The summed E-state index contributed by atoms with van der Waals surface area (Å²) < 4.78 is 45.5. The van der Waals surface area contributed by atoms with Gasteiger partial charge in [0, 0.05) is 25.1 Å². The van der Waals surface area contributed by atoms with Gasteiger partial charge < -0.3 is 9.64 Å². The maximum Gasteiger partial charge on any atom is 0.435 e. The second-order valence-corrected chi connectivity index (χ2v) is 7.32. The average Bonchev–Trinajstić information content (AvgIpc) is 3.01. The van der Waals surface area contributed by atoms with Crippen molar-refractivity contribution in [2.24, 2.45) is 5.92 Å². The molecule has 0 bridgehead atoms. The highest BCUT2D eigenvalue weighted by Gasteiger charge is 2.34. The molecular formula is C17H15F3N4O2S. The third kappa shape index (κ3) is 3.36. The van der Waals surface area contributed by atoms with Crippen molar-refractivity contribution in [2.45, 2.75) is 12.7 Å². The SMILES string of the molecule is COc1cccc2sc(N3CC(Cn4nc(C(F)(F)F)ccc4=O)C3)nc12. The number of rotatable bonds is 4. The highest BCUT2D eigenvalue weighted by molar-refractivity contribution is 7.22. The van der Waals surface area contributed by atoms with Gasteiger partial charge in [-0.2, -0.15) is 18.3 Å². The number of alkyl halides is 3. The molecule has 1 aliphatic rings. The summed E-state index contributed by atoms with van der Waals surface area (Å²) in [5.74, 6) is 0.736. The molecule has 3 heterocycles. The molecule has 4 rings (SSSR count). The van der Waals surface area contributed by atoms with Crippen LogP contribution in [0, 0.1) is 5.92 Å². The van der Waals surface area contributed by atoms with E-state index in [0.29, 0.717) is 24.9 Å². The van der Waals surface area contributed by atoms with Crippen LogP contribution in [0.4, 0.5) is 18.3 Å². The molecule has 2 aromatic heterocycles. The zero-order valence-corrected chi connectivity index (χ0v) is 15.0. The first-order valence-electron chi connectivity index (χ1n) is 8.19. The van der Waals surface area contributed by atoms with Gasteiger partial charge in [-0.25, -0.2) is 9.67 Å². The smallest absolute Gasteiger partial charge is 0.435 e. The highest BCUT2D eigenvalue weighted by Crippen LogP contribution is 2.36. The lowest BCUT2D eigenvalue weighted by Gasteiger charge is -2.39. The van der Waals surface area contributed by atoms with Crippen LogP contribution in [0.2, 0.25) is 0 Å². The highest BCUT2D eigenvalue weighted by atomic mass is 32.1. The van der Waals surface area contributed by atoms with E-state index >= 15 is 0 Å². The van der Waals surface area contributed by atoms with Crippen LogP contribution >= 0.6 is 11.3 Å². The number of ether oxygens (including phenoxy) is 1. The van der Waals surface area contributed by atoms with E-state index in [1.807, 2.05) is 23.1 Å². The topological polar surface area (TPSA) is 60.2 Å². The molecule has 1 aromatic carbocycles. The zero-order valence-electron chi connectivity index (χ0n) is 14.2. The lowest BCUT2D eigenvalue weighted by molar-refractivity contribution is -0.142. The number of hydrogen-bond donors (Lipinski definition) is 0. The van der Waals surface area contributed by atoms with Crippen LogP contribution in [-0.2, 0) is 12.7 Å². The van der Waals surface area contributed by atoms with Crippen molar-refractivity contribution in [1.82, 2.24) is 14.8 Å². The van der Waals surface area contributed by atoms with Gasteiger partial charge in [0.25, 0.3) is 5.56 Å². The minimum absolute atomic E-state index is 0.0348. The van der Waals surface area contributed by atoms with Gasteiger partial charge in [-0.3, -0.25) is 4.79 Å². The quantitative estimate of drug-likeness (QED) is 0.679. The van der Waals surface area contributed by atoms with E-state index in [1.165, 1.54) is 11.3 Å². The lowest BCUT2D eigenvalue weighted by atomic mass is 10.0. The van der Waals surface area contributed by atoms with Gasteiger partial charge in [-0.15, -0.1) is 0 Å². The number of para-hydroxylation sites is 1.